The molecule has 6 nitrogen and oxygen atoms in total. The number of nitrogens with zero attached hydrogens (tertiary/aromatic N) is 2. The van der Waals surface area contributed by atoms with Gasteiger partial charge in [-0.3, -0.25) is 4.79 Å². The Morgan fingerprint density at radius 3 is 2.30 bits per heavy atom. The maximum absolute atomic E-state index is 12.9. The maximum atomic E-state index is 12.9. The van der Waals surface area contributed by atoms with Crippen LogP contribution in [-0.4, -0.2) is 62.9 Å². The summed E-state index contributed by atoms with van der Waals surface area (Å²) in [7, 11) is -4.03. The Balaban J connectivity index is 1.67. The number of carbonyl (C=O) groups excluding carboxylic acids is 1. The highest BCUT2D eigenvalue weighted by Gasteiger charge is 2.36. The summed E-state index contributed by atoms with van der Waals surface area (Å²) in [5, 5.41) is 0. The molecule has 0 spiro atoms. The molecular formula is C17H21F3N2O4S. The van der Waals surface area contributed by atoms with Gasteiger partial charge in [-0.1, -0.05) is 6.07 Å². The van der Waals surface area contributed by atoms with Crippen LogP contribution in [0.5, 0.6) is 0 Å². The normalized spacial score (nSPS) is 20.6. The maximum Gasteiger partial charge on any atom is 0.416 e. The molecule has 2 aliphatic rings. The Labute approximate surface area is 155 Å². The molecule has 10 heteroatoms. The lowest BCUT2D eigenvalue weighted by Gasteiger charge is -2.35. The molecule has 0 bridgehead atoms. The van der Waals surface area contributed by atoms with Gasteiger partial charge < -0.3 is 9.64 Å². The molecular weight excluding hydrogens is 385 g/mol. The molecule has 2 aliphatic heterocycles. The zero-order chi connectivity index (χ0) is 19.7. The van der Waals surface area contributed by atoms with Crippen LogP contribution in [0.4, 0.5) is 13.2 Å². The smallest absolute Gasteiger partial charge is 0.378 e. The van der Waals surface area contributed by atoms with Crippen LogP contribution < -0.4 is 0 Å². The predicted octanol–water partition coefficient (Wildman–Crippen LogP) is 1.96. The van der Waals surface area contributed by atoms with Crippen LogP contribution in [0.25, 0.3) is 0 Å². The molecule has 0 aliphatic carbocycles. The Bertz CT molecular complexity index is 784. The summed E-state index contributed by atoms with van der Waals surface area (Å²) in [4.78, 5) is 13.9. The first-order valence-corrected chi connectivity index (χ1v) is 10.2. The van der Waals surface area contributed by atoms with Crippen molar-refractivity contribution in [2.75, 3.05) is 39.4 Å². The fraction of sp³-hybridized carbons (Fsp3) is 0.588. The average molecular weight is 406 g/mol. The van der Waals surface area contributed by atoms with Crippen molar-refractivity contribution >= 4 is 15.9 Å². The van der Waals surface area contributed by atoms with Crippen molar-refractivity contribution in [3.05, 3.63) is 29.8 Å². The third-order valence-electron chi connectivity index (χ3n) is 4.93. The number of benzene rings is 1. The van der Waals surface area contributed by atoms with Crippen molar-refractivity contribution in [3.8, 4) is 0 Å². The van der Waals surface area contributed by atoms with Crippen molar-refractivity contribution in [1.29, 1.82) is 0 Å². The van der Waals surface area contributed by atoms with Gasteiger partial charge in [-0.2, -0.15) is 17.5 Å². The second-order valence-corrected chi connectivity index (χ2v) is 8.58. The molecule has 0 aromatic heterocycles. The quantitative estimate of drug-likeness (QED) is 0.770. The molecule has 2 heterocycles. The van der Waals surface area contributed by atoms with Crippen LogP contribution in [0.3, 0.4) is 0 Å². The van der Waals surface area contributed by atoms with Gasteiger partial charge in [0, 0.05) is 32.1 Å². The van der Waals surface area contributed by atoms with Crippen LogP contribution in [0, 0.1) is 5.92 Å². The van der Waals surface area contributed by atoms with Gasteiger partial charge in [0.05, 0.1) is 23.7 Å². The minimum Gasteiger partial charge on any atom is -0.378 e. The molecule has 1 amide bonds. The highest BCUT2D eigenvalue weighted by atomic mass is 32.2. The molecule has 3 rings (SSSR count). The summed E-state index contributed by atoms with van der Waals surface area (Å²) in [5.74, 6) is -0.273. The van der Waals surface area contributed by atoms with E-state index in [0.717, 1.165) is 22.5 Å². The molecule has 1 aromatic carbocycles. The number of hydrogen-bond donors (Lipinski definition) is 0. The summed E-state index contributed by atoms with van der Waals surface area (Å²) in [5.41, 5.74) is -0.999. The van der Waals surface area contributed by atoms with Crippen LogP contribution in [0.1, 0.15) is 18.4 Å². The van der Waals surface area contributed by atoms with Crippen molar-refractivity contribution in [1.82, 2.24) is 9.21 Å². The van der Waals surface area contributed by atoms with Crippen LogP contribution in [0.15, 0.2) is 29.2 Å². The number of rotatable bonds is 3. The Kier molecular flexibility index (Phi) is 5.78. The zero-order valence-electron chi connectivity index (χ0n) is 14.6. The average Bonchev–Trinajstić information content (AvgIpc) is 2.67. The molecule has 27 heavy (non-hydrogen) atoms. The highest BCUT2D eigenvalue weighted by molar-refractivity contribution is 7.89. The van der Waals surface area contributed by atoms with E-state index in [9.17, 15) is 26.4 Å². The number of sulfonamides is 1. The molecule has 2 saturated heterocycles. The number of morpholine rings is 1. The van der Waals surface area contributed by atoms with Crippen molar-refractivity contribution in [2.24, 2.45) is 5.92 Å². The molecule has 0 unspecified atom stereocenters. The van der Waals surface area contributed by atoms with Gasteiger partial charge in [0.2, 0.25) is 15.9 Å². The van der Waals surface area contributed by atoms with E-state index in [1.165, 1.54) is 0 Å². The first kappa shape index (κ1) is 20.1. The number of ether oxygens (including phenoxy) is 1. The number of alkyl halides is 3. The lowest BCUT2D eigenvalue weighted by molar-refractivity contribution is -0.141. The Morgan fingerprint density at radius 2 is 1.70 bits per heavy atom. The Morgan fingerprint density at radius 1 is 1.07 bits per heavy atom. The van der Waals surface area contributed by atoms with Gasteiger partial charge >= 0.3 is 6.18 Å². The van der Waals surface area contributed by atoms with Gasteiger partial charge in [0.25, 0.3) is 0 Å². The zero-order valence-corrected chi connectivity index (χ0v) is 15.4. The summed E-state index contributed by atoms with van der Waals surface area (Å²) in [6.07, 6.45) is -3.90. The van der Waals surface area contributed by atoms with Crippen LogP contribution in [-0.2, 0) is 25.7 Å². The minimum absolute atomic E-state index is 0.00517. The topological polar surface area (TPSA) is 66.9 Å². The number of piperidine rings is 1. The predicted molar refractivity (Wildman–Crippen MR) is 90.3 cm³/mol. The van der Waals surface area contributed by atoms with Crippen molar-refractivity contribution < 1.29 is 31.1 Å². The third-order valence-corrected chi connectivity index (χ3v) is 6.82. The van der Waals surface area contributed by atoms with Crippen LogP contribution in [0.2, 0.25) is 0 Å². The summed E-state index contributed by atoms with van der Waals surface area (Å²) < 4.78 is 70.3. The van der Waals surface area contributed by atoms with E-state index in [1.807, 2.05) is 0 Å². The molecule has 0 radical (unpaired) electrons. The summed E-state index contributed by atoms with van der Waals surface area (Å²) >= 11 is 0. The molecule has 0 N–H and O–H groups in total. The van der Waals surface area contributed by atoms with Gasteiger partial charge in [0.1, 0.15) is 0 Å². The summed E-state index contributed by atoms with van der Waals surface area (Å²) in [6, 6.07) is 3.74. The van der Waals surface area contributed by atoms with Crippen molar-refractivity contribution in [2.45, 2.75) is 23.9 Å². The van der Waals surface area contributed by atoms with Gasteiger partial charge in [0.15, 0.2) is 0 Å². The van der Waals surface area contributed by atoms with E-state index in [0.29, 0.717) is 45.2 Å². The SMILES string of the molecule is O=C(C1CCN(S(=O)(=O)c2cccc(C(F)(F)F)c2)CC1)N1CCOCC1. The number of hydrogen-bond acceptors (Lipinski definition) is 4. The molecule has 0 saturated carbocycles. The van der Waals surface area contributed by atoms with E-state index in [4.69, 9.17) is 4.74 Å². The van der Waals surface area contributed by atoms with E-state index >= 15 is 0 Å². The second kappa shape index (κ2) is 7.76. The summed E-state index contributed by atoms with van der Waals surface area (Å²) in [6.45, 7) is 2.27. The number of amides is 1. The molecule has 150 valence electrons. The van der Waals surface area contributed by atoms with Gasteiger partial charge in [-0.15, -0.1) is 0 Å². The minimum atomic E-state index is -4.61. The fourth-order valence-corrected chi connectivity index (χ4v) is 4.88. The second-order valence-electron chi connectivity index (χ2n) is 6.64. The third kappa shape index (κ3) is 4.44. The fourth-order valence-electron chi connectivity index (χ4n) is 3.37. The Hall–Kier alpha value is -1.65. The highest BCUT2D eigenvalue weighted by Crippen LogP contribution is 2.32. The molecule has 1 aromatic rings. The van der Waals surface area contributed by atoms with E-state index in [2.05, 4.69) is 0 Å². The monoisotopic (exact) mass is 406 g/mol. The van der Waals surface area contributed by atoms with Crippen LogP contribution >= 0.6 is 0 Å². The van der Waals surface area contributed by atoms with E-state index < -0.39 is 21.8 Å². The van der Waals surface area contributed by atoms with E-state index in [1.54, 1.807) is 4.90 Å². The first-order chi connectivity index (χ1) is 12.7. The number of halogens is 3. The molecule has 0 atom stereocenters. The number of carbonyl (C=O) groups is 1. The lowest BCUT2D eigenvalue weighted by atomic mass is 9.96. The van der Waals surface area contributed by atoms with Gasteiger partial charge in [-0.05, 0) is 31.0 Å². The molecule has 2 fully saturated rings. The first-order valence-electron chi connectivity index (χ1n) is 8.73. The largest absolute Gasteiger partial charge is 0.416 e. The van der Waals surface area contributed by atoms with Gasteiger partial charge in [-0.25, -0.2) is 8.42 Å². The lowest BCUT2D eigenvalue weighted by Crippen LogP contribution is -2.47. The van der Waals surface area contributed by atoms with E-state index in [-0.39, 0.29) is 29.8 Å². The van der Waals surface area contributed by atoms with Crippen molar-refractivity contribution in [3.63, 3.8) is 0 Å². The standard InChI is InChI=1S/C17H21F3N2O4S/c18-17(19,20)14-2-1-3-15(12-14)27(24,25)22-6-4-13(5-7-22)16(23)21-8-10-26-11-9-21/h1-3,12-13H,4-11H2.